The number of halogens is 4. The number of aliphatic hydroxyl groups is 1. The van der Waals surface area contributed by atoms with Crippen molar-refractivity contribution in [3.8, 4) is 0 Å². The molecular formula is C13H11F4NO. The quantitative estimate of drug-likeness (QED) is 0.853. The average Bonchev–Trinajstić information content (AvgIpc) is 2.75. The minimum Gasteiger partial charge on any atom is -0.379 e. The van der Waals surface area contributed by atoms with Crippen LogP contribution in [0.15, 0.2) is 42.7 Å². The van der Waals surface area contributed by atoms with Crippen molar-refractivity contribution < 1.29 is 22.7 Å². The van der Waals surface area contributed by atoms with Gasteiger partial charge >= 0.3 is 6.18 Å². The fourth-order valence-corrected chi connectivity index (χ4v) is 1.75. The predicted octanol–water partition coefficient (Wildman–Crippen LogP) is 3.27. The molecule has 2 rings (SSSR count). The van der Waals surface area contributed by atoms with E-state index in [0.717, 1.165) is 0 Å². The highest BCUT2D eigenvalue weighted by Gasteiger charge is 2.39. The molecule has 0 bridgehead atoms. The highest BCUT2D eigenvalue weighted by atomic mass is 19.4. The number of nitrogens with zero attached hydrogens (tertiary/aromatic N) is 1. The highest BCUT2D eigenvalue weighted by molar-refractivity contribution is 5.20. The summed E-state index contributed by atoms with van der Waals surface area (Å²) in [4.78, 5) is 0. The second kappa shape index (κ2) is 5.05. The lowest BCUT2D eigenvalue weighted by Gasteiger charge is -2.12. The van der Waals surface area contributed by atoms with Crippen LogP contribution < -0.4 is 0 Å². The lowest BCUT2D eigenvalue weighted by atomic mass is 10.2. The number of hydrogen-bond donors (Lipinski definition) is 1. The molecule has 1 unspecified atom stereocenters. The highest BCUT2D eigenvalue weighted by Crippen LogP contribution is 2.32. The first-order valence-corrected chi connectivity index (χ1v) is 5.51. The van der Waals surface area contributed by atoms with E-state index >= 15 is 0 Å². The topological polar surface area (TPSA) is 25.2 Å². The van der Waals surface area contributed by atoms with E-state index in [4.69, 9.17) is 5.11 Å². The van der Waals surface area contributed by atoms with Gasteiger partial charge in [-0.3, -0.25) is 0 Å². The molecule has 0 radical (unpaired) electrons. The van der Waals surface area contributed by atoms with Crippen LogP contribution in [0.1, 0.15) is 17.2 Å². The van der Waals surface area contributed by atoms with Crippen molar-refractivity contribution in [2.24, 2.45) is 0 Å². The van der Waals surface area contributed by atoms with Crippen LogP contribution in [-0.4, -0.2) is 15.8 Å². The molecule has 0 aliphatic heterocycles. The molecule has 1 N–H and O–H groups in total. The SMILES string of the molecule is OC(c1ccn(Cc2cccc(F)c2)c1)C(F)(F)F. The zero-order valence-corrected chi connectivity index (χ0v) is 9.73. The van der Waals surface area contributed by atoms with Crippen LogP contribution in [0.25, 0.3) is 0 Å². The monoisotopic (exact) mass is 273 g/mol. The van der Waals surface area contributed by atoms with Crippen molar-refractivity contribution in [3.63, 3.8) is 0 Å². The standard InChI is InChI=1S/C13H11F4NO/c14-11-3-1-2-9(6-11)7-18-5-4-10(8-18)12(19)13(15,16)17/h1-6,8,12,19H,7H2. The van der Waals surface area contributed by atoms with Crippen molar-refractivity contribution in [1.82, 2.24) is 4.57 Å². The predicted molar refractivity (Wildman–Crippen MR) is 60.9 cm³/mol. The fraction of sp³-hybridized carbons (Fsp3) is 0.231. The molecule has 6 heteroatoms. The molecule has 1 heterocycles. The summed E-state index contributed by atoms with van der Waals surface area (Å²) >= 11 is 0. The van der Waals surface area contributed by atoms with Gasteiger partial charge in [-0.15, -0.1) is 0 Å². The Morgan fingerprint density at radius 3 is 2.58 bits per heavy atom. The van der Waals surface area contributed by atoms with Crippen LogP contribution in [0.2, 0.25) is 0 Å². The first kappa shape index (κ1) is 13.6. The van der Waals surface area contributed by atoms with Gasteiger partial charge in [-0.25, -0.2) is 4.39 Å². The summed E-state index contributed by atoms with van der Waals surface area (Å²) in [5.41, 5.74) is 0.396. The summed E-state index contributed by atoms with van der Waals surface area (Å²) < 4.78 is 51.4. The first-order chi connectivity index (χ1) is 8.86. The molecule has 0 spiro atoms. The number of rotatable bonds is 3. The largest absolute Gasteiger partial charge is 0.418 e. The number of alkyl halides is 3. The minimum atomic E-state index is -4.69. The van der Waals surface area contributed by atoms with E-state index in [9.17, 15) is 17.6 Å². The summed E-state index contributed by atoms with van der Waals surface area (Å²) in [6.07, 6.45) is -4.58. The fourth-order valence-electron chi connectivity index (χ4n) is 1.75. The van der Waals surface area contributed by atoms with Crippen LogP contribution in [-0.2, 0) is 6.54 Å². The smallest absolute Gasteiger partial charge is 0.379 e. The maximum Gasteiger partial charge on any atom is 0.418 e. The van der Waals surface area contributed by atoms with E-state index in [2.05, 4.69) is 0 Å². The van der Waals surface area contributed by atoms with Crippen molar-refractivity contribution in [2.75, 3.05) is 0 Å². The Morgan fingerprint density at radius 1 is 1.21 bits per heavy atom. The number of aliphatic hydroxyl groups excluding tert-OH is 1. The minimum absolute atomic E-state index is 0.232. The van der Waals surface area contributed by atoms with E-state index < -0.39 is 18.1 Å². The van der Waals surface area contributed by atoms with Crippen LogP contribution in [0.5, 0.6) is 0 Å². The van der Waals surface area contributed by atoms with Crippen molar-refractivity contribution >= 4 is 0 Å². The number of hydrogen-bond acceptors (Lipinski definition) is 1. The van der Waals surface area contributed by atoms with Gasteiger partial charge in [0, 0.05) is 24.5 Å². The van der Waals surface area contributed by atoms with Crippen LogP contribution in [0.3, 0.4) is 0 Å². The van der Waals surface area contributed by atoms with Gasteiger partial charge < -0.3 is 9.67 Å². The Morgan fingerprint density at radius 2 is 1.95 bits per heavy atom. The third kappa shape index (κ3) is 3.35. The molecule has 2 aromatic rings. The van der Waals surface area contributed by atoms with Gasteiger partial charge in [0.25, 0.3) is 0 Å². The Balaban J connectivity index is 2.14. The van der Waals surface area contributed by atoms with E-state index in [1.807, 2.05) is 0 Å². The summed E-state index contributed by atoms with van der Waals surface area (Å²) in [7, 11) is 0. The Bertz CT molecular complexity index is 562. The molecule has 1 aromatic carbocycles. The molecule has 0 amide bonds. The maximum absolute atomic E-state index is 13.0. The molecule has 0 saturated carbocycles. The van der Waals surface area contributed by atoms with Gasteiger partial charge in [-0.2, -0.15) is 13.2 Å². The molecule has 102 valence electrons. The Kier molecular flexibility index (Phi) is 3.61. The Hall–Kier alpha value is -1.82. The molecule has 1 atom stereocenters. The Labute approximate surface area is 106 Å². The zero-order valence-electron chi connectivity index (χ0n) is 9.73. The second-order valence-corrected chi connectivity index (χ2v) is 4.19. The molecule has 0 fully saturated rings. The third-order valence-corrected chi connectivity index (χ3v) is 2.65. The second-order valence-electron chi connectivity index (χ2n) is 4.19. The summed E-state index contributed by atoms with van der Waals surface area (Å²) in [5, 5.41) is 9.08. The molecule has 0 aliphatic rings. The van der Waals surface area contributed by atoms with Crippen molar-refractivity contribution in [3.05, 3.63) is 59.7 Å². The van der Waals surface area contributed by atoms with Gasteiger partial charge in [-0.1, -0.05) is 12.1 Å². The van der Waals surface area contributed by atoms with E-state index in [1.54, 1.807) is 6.07 Å². The summed E-state index contributed by atoms with van der Waals surface area (Å²) in [6, 6.07) is 6.98. The van der Waals surface area contributed by atoms with Crippen LogP contribution >= 0.6 is 0 Å². The van der Waals surface area contributed by atoms with Gasteiger partial charge in [0.05, 0.1) is 0 Å². The van der Waals surface area contributed by atoms with E-state index in [0.29, 0.717) is 5.56 Å². The normalized spacial score (nSPS) is 13.5. The molecular weight excluding hydrogens is 262 g/mol. The van der Waals surface area contributed by atoms with Crippen molar-refractivity contribution in [1.29, 1.82) is 0 Å². The third-order valence-electron chi connectivity index (χ3n) is 2.65. The van der Waals surface area contributed by atoms with Crippen LogP contribution in [0.4, 0.5) is 17.6 Å². The summed E-state index contributed by atoms with van der Waals surface area (Å²) in [6.45, 7) is 0.238. The average molecular weight is 273 g/mol. The lowest BCUT2D eigenvalue weighted by molar-refractivity contribution is -0.206. The molecule has 1 aromatic heterocycles. The number of benzene rings is 1. The molecule has 0 aliphatic carbocycles. The molecule has 19 heavy (non-hydrogen) atoms. The van der Waals surface area contributed by atoms with Crippen molar-refractivity contribution in [2.45, 2.75) is 18.8 Å². The number of aromatic nitrogens is 1. The van der Waals surface area contributed by atoms with Gasteiger partial charge in [0.1, 0.15) is 5.82 Å². The van der Waals surface area contributed by atoms with Crippen LogP contribution in [0, 0.1) is 5.82 Å². The van der Waals surface area contributed by atoms with E-state index in [-0.39, 0.29) is 12.1 Å². The molecule has 0 saturated heterocycles. The van der Waals surface area contributed by atoms with Gasteiger partial charge in [0.15, 0.2) is 6.10 Å². The molecule has 2 nitrogen and oxygen atoms in total. The van der Waals surface area contributed by atoms with E-state index in [1.165, 1.54) is 41.2 Å². The lowest BCUT2D eigenvalue weighted by Crippen LogP contribution is -2.19. The first-order valence-electron chi connectivity index (χ1n) is 5.51. The summed E-state index contributed by atoms with van der Waals surface area (Å²) in [5.74, 6) is -0.403. The van der Waals surface area contributed by atoms with Gasteiger partial charge in [0.2, 0.25) is 0 Å². The maximum atomic E-state index is 13.0. The zero-order chi connectivity index (χ0) is 14.0. The van der Waals surface area contributed by atoms with Gasteiger partial charge in [-0.05, 0) is 23.8 Å².